The molecule has 0 saturated carbocycles. The van der Waals surface area contributed by atoms with Gasteiger partial charge in [0.2, 0.25) is 0 Å². The third-order valence-corrected chi connectivity index (χ3v) is 7.39. The Labute approximate surface area is 204 Å². The molecule has 0 amide bonds. The van der Waals surface area contributed by atoms with Crippen LogP contribution in [0.3, 0.4) is 0 Å². The lowest BCUT2D eigenvalue weighted by molar-refractivity contribution is 1.31. The molecule has 1 aliphatic heterocycles. The van der Waals surface area contributed by atoms with Crippen molar-refractivity contribution in [1.82, 2.24) is 0 Å². The van der Waals surface area contributed by atoms with Crippen LogP contribution in [0.25, 0.3) is 39.5 Å². The Bertz CT molecular complexity index is 1500. The number of para-hydroxylation sites is 1. The highest BCUT2D eigenvalue weighted by molar-refractivity contribution is 7.99. The van der Waals surface area contributed by atoms with Crippen molar-refractivity contribution in [1.29, 1.82) is 0 Å². The van der Waals surface area contributed by atoms with E-state index in [1.54, 1.807) is 0 Å². The van der Waals surface area contributed by atoms with E-state index in [0.29, 0.717) is 0 Å². The van der Waals surface area contributed by atoms with Gasteiger partial charge in [-0.25, -0.2) is 0 Å². The molecule has 6 rings (SSSR count). The molecule has 0 spiro atoms. The monoisotopic (exact) mass is 453 g/mol. The van der Waals surface area contributed by atoms with Gasteiger partial charge in [0.1, 0.15) is 0 Å². The lowest BCUT2D eigenvalue weighted by Gasteiger charge is -2.27. The van der Waals surface area contributed by atoms with E-state index in [2.05, 4.69) is 127 Å². The van der Waals surface area contributed by atoms with Gasteiger partial charge in [-0.2, -0.15) is 0 Å². The topological polar surface area (TPSA) is 12.0 Å². The van der Waals surface area contributed by atoms with Crippen LogP contribution in [0.15, 0.2) is 132 Å². The average Bonchev–Trinajstić information content (AvgIpc) is 2.92. The largest absolute Gasteiger partial charge is 0.353 e. The van der Waals surface area contributed by atoms with Crippen molar-refractivity contribution in [2.75, 3.05) is 5.32 Å². The van der Waals surface area contributed by atoms with Crippen molar-refractivity contribution < 1.29 is 0 Å². The lowest BCUT2D eigenvalue weighted by Crippen LogP contribution is -2.05. The van der Waals surface area contributed by atoms with E-state index < -0.39 is 0 Å². The van der Waals surface area contributed by atoms with Crippen LogP contribution in [-0.2, 0) is 0 Å². The van der Waals surface area contributed by atoms with E-state index in [0.717, 1.165) is 16.9 Å². The van der Waals surface area contributed by atoms with Gasteiger partial charge in [0.25, 0.3) is 0 Å². The predicted molar refractivity (Wildman–Crippen MR) is 147 cm³/mol. The van der Waals surface area contributed by atoms with Gasteiger partial charge in [0.15, 0.2) is 0 Å². The Morgan fingerprint density at radius 3 is 1.88 bits per heavy atom. The van der Waals surface area contributed by atoms with Crippen LogP contribution in [-0.4, -0.2) is 0 Å². The van der Waals surface area contributed by atoms with Crippen LogP contribution in [0.5, 0.6) is 0 Å². The van der Waals surface area contributed by atoms with E-state index in [1.165, 1.54) is 43.2 Å². The van der Waals surface area contributed by atoms with Gasteiger partial charge >= 0.3 is 0 Å². The van der Waals surface area contributed by atoms with Gasteiger partial charge < -0.3 is 5.32 Å². The summed E-state index contributed by atoms with van der Waals surface area (Å²) in [6.07, 6.45) is 2.01. The van der Waals surface area contributed by atoms with Crippen LogP contribution in [0.4, 0.5) is 11.4 Å². The highest BCUT2D eigenvalue weighted by atomic mass is 32.2. The number of nitrogens with one attached hydrogen (secondary N) is 1. The Morgan fingerprint density at radius 2 is 1.18 bits per heavy atom. The van der Waals surface area contributed by atoms with Crippen LogP contribution in [0.2, 0.25) is 0 Å². The fourth-order valence-corrected chi connectivity index (χ4v) is 5.75. The summed E-state index contributed by atoms with van der Waals surface area (Å²) < 4.78 is 0. The first-order valence-corrected chi connectivity index (χ1v) is 12.2. The SMILES string of the molecule is C=Cc1c(-c2ccccc2)cc2c(c1-c1ccccc1-c1ccccc1)Nc1ccccc1S2. The first kappa shape index (κ1) is 20.6. The minimum Gasteiger partial charge on any atom is -0.353 e. The number of hydrogen-bond acceptors (Lipinski definition) is 2. The lowest BCUT2D eigenvalue weighted by atomic mass is 9.86. The first-order chi connectivity index (χ1) is 16.8. The molecule has 0 atom stereocenters. The van der Waals surface area contributed by atoms with Crippen molar-refractivity contribution in [2.24, 2.45) is 0 Å². The summed E-state index contributed by atoms with van der Waals surface area (Å²) in [5.41, 5.74) is 10.6. The van der Waals surface area contributed by atoms with Gasteiger partial charge in [-0.15, -0.1) is 0 Å². The molecule has 1 heterocycles. The van der Waals surface area contributed by atoms with Gasteiger partial charge in [-0.1, -0.05) is 121 Å². The maximum absolute atomic E-state index is 4.26. The quantitative estimate of drug-likeness (QED) is 0.285. The molecule has 0 radical (unpaired) electrons. The fourth-order valence-electron chi connectivity index (χ4n) is 4.71. The van der Waals surface area contributed by atoms with E-state index in [4.69, 9.17) is 0 Å². The summed E-state index contributed by atoms with van der Waals surface area (Å²) in [7, 11) is 0. The zero-order chi connectivity index (χ0) is 22.9. The molecule has 0 fully saturated rings. The van der Waals surface area contributed by atoms with Crippen molar-refractivity contribution >= 4 is 29.2 Å². The van der Waals surface area contributed by atoms with Crippen LogP contribution in [0.1, 0.15) is 5.56 Å². The normalized spacial score (nSPS) is 11.8. The molecule has 0 aliphatic carbocycles. The van der Waals surface area contributed by atoms with Crippen LogP contribution in [0, 0.1) is 0 Å². The summed E-state index contributed by atoms with van der Waals surface area (Å²) in [6, 6.07) is 40.7. The second-order valence-electron chi connectivity index (χ2n) is 8.29. The molecule has 0 saturated heterocycles. The van der Waals surface area contributed by atoms with E-state index >= 15 is 0 Å². The molecular weight excluding hydrogens is 430 g/mol. The zero-order valence-corrected chi connectivity index (χ0v) is 19.5. The Kier molecular flexibility index (Phi) is 5.29. The molecule has 34 heavy (non-hydrogen) atoms. The Hall–Kier alpha value is -4.01. The summed E-state index contributed by atoms with van der Waals surface area (Å²) in [5, 5.41) is 3.77. The van der Waals surface area contributed by atoms with Gasteiger partial charge in [0.05, 0.1) is 11.4 Å². The predicted octanol–water partition coefficient (Wildman–Crippen LogP) is 9.54. The molecule has 0 unspecified atom stereocenters. The second-order valence-corrected chi connectivity index (χ2v) is 9.37. The maximum atomic E-state index is 4.26. The van der Waals surface area contributed by atoms with Crippen LogP contribution < -0.4 is 5.32 Å². The van der Waals surface area contributed by atoms with Gasteiger partial charge in [-0.3, -0.25) is 0 Å². The van der Waals surface area contributed by atoms with Crippen molar-refractivity contribution in [2.45, 2.75) is 9.79 Å². The van der Waals surface area contributed by atoms with Gasteiger partial charge in [0, 0.05) is 15.4 Å². The number of anilines is 2. The van der Waals surface area contributed by atoms with E-state index in [9.17, 15) is 0 Å². The second kappa shape index (κ2) is 8.74. The highest BCUT2D eigenvalue weighted by Gasteiger charge is 2.25. The first-order valence-electron chi connectivity index (χ1n) is 11.4. The standard InChI is InChI=1S/C32H23NS/c1-2-24-27(23-15-7-4-8-16-23)21-30-32(33-28-19-11-12-20-29(28)34-30)31(24)26-18-10-9-17-25(26)22-13-5-3-6-14-22/h2-21,33H,1H2. The minimum atomic E-state index is 1.14. The highest BCUT2D eigenvalue weighted by Crippen LogP contribution is 2.53. The van der Waals surface area contributed by atoms with E-state index in [1.807, 2.05) is 17.8 Å². The molecule has 1 nitrogen and oxygen atoms in total. The molecular formula is C32H23NS. The number of rotatable bonds is 4. The molecule has 5 aromatic carbocycles. The van der Waals surface area contributed by atoms with Crippen molar-refractivity contribution in [3.63, 3.8) is 0 Å². The van der Waals surface area contributed by atoms with Crippen molar-refractivity contribution in [3.8, 4) is 33.4 Å². The van der Waals surface area contributed by atoms with Gasteiger partial charge in [-0.05, 0) is 51.6 Å². The molecule has 1 N–H and O–H groups in total. The maximum Gasteiger partial charge on any atom is 0.0612 e. The number of hydrogen-bond donors (Lipinski definition) is 1. The molecule has 0 bridgehead atoms. The summed E-state index contributed by atoms with van der Waals surface area (Å²) in [4.78, 5) is 2.46. The average molecular weight is 454 g/mol. The van der Waals surface area contributed by atoms with Crippen molar-refractivity contribution in [3.05, 3.63) is 127 Å². The molecule has 2 heteroatoms. The summed E-state index contributed by atoms with van der Waals surface area (Å²) in [5.74, 6) is 0. The summed E-state index contributed by atoms with van der Waals surface area (Å²) in [6.45, 7) is 4.26. The molecule has 1 aliphatic rings. The third kappa shape index (κ3) is 3.53. The molecule has 162 valence electrons. The summed E-state index contributed by atoms with van der Waals surface area (Å²) >= 11 is 1.82. The molecule has 5 aromatic rings. The number of fused-ring (bicyclic) bond motifs is 2. The Balaban J connectivity index is 1.68. The smallest absolute Gasteiger partial charge is 0.0612 e. The third-order valence-electron chi connectivity index (χ3n) is 6.27. The minimum absolute atomic E-state index is 1.14. The Morgan fingerprint density at radius 1 is 0.588 bits per heavy atom. The van der Waals surface area contributed by atoms with Crippen LogP contribution >= 0.6 is 11.8 Å². The zero-order valence-electron chi connectivity index (χ0n) is 18.7. The number of benzene rings is 5. The van der Waals surface area contributed by atoms with E-state index in [-0.39, 0.29) is 0 Å². The molecule has 0 aromatic heterocycles. The fraction of sp³-hybridized carbons (Fsp3) is 0.